The summed E-state index contributed by atoms with van der Waals surface area (Å²) >= 11 is 0. The van der Waals surface area contributed by atoms with E-state index in [9.17, 15) is 9.59 Å². The highest BCUT2D eigenvalue weighted by atomic mass is 16.3. The molecule has 0 atom stereocenters. The molecule has 0 N–H and O–H groups in total. The quantitative estimate of drug-likeness (QED) is 0.591. The molecule has 2 aromatic heterocycles. The highest BCUT2D eigenvalue weighted by Crippen LogP contribution is 2.33. The Kier molecular flexibility index (Phi) is 6.12. The zero-order chi connectivity index (χ0) is 22.8. The molecule has 0 aliphatic carbocycles. The zero-order valence-corrected chi connectivity index (χ0v) is 19.0. The third-order valence-corrected chi connectivity index (χ3v) is 5.79. The molecule has 168 valence electrons. The Hall–Kier alpha value is -3.42. The molecule has 4 rings (SSSR count). The minimum atomic E-state index is -0.154. The van der Waals surface area contributed by atoms with Crippen LogP contribution < -0.4 is 0 Å². The number of amides is 2. The van der Waals surface area contributed by atoms with Crippen LogP contribution in [0.25, 0.3) is 16.5 Å². The maximum Gasteiger partial charge on any atom is 0.289 e. The van der Waals surface area contributed by atoms with E-state index in [-0.39, 0.29) is 17.7 Å². The van der Waals surface area contributed by atoms with E-state index in [0.29, 0.717) is 31.8 Å². The lowest BCUT2D eigenvalue weighted by Gasteiger charge is -2.28. The van der Waals surface area contributed by atoms with Gasteiger partial charge in [0.2, 0.25) is 5.91 Å². The Labute approximate surface area is 187 Å². The second-order valence-corrected chi connectivity index (χ2v) is 8.70. The molecular weight excluding hydrogens is 406 g/mol. The average molecular weight is 436 g/mol. The number of aromatic nitrogens is 3. The standard InChI is InChI=1S/C24H29N5O3/c1-16(2)20-13-18(12-19-14-21(32-23(19)20)24(31)27(3)4)17-6-5-9-28(15-17)22(30)7-10-29-11-8-25-26-29/h6,8,11-14,16H,5,7,9-10,15H2,1-4H3. The summed E-state index contributed by atoms with van der Waals surface area (Å²) in [4.78, 5) is 28.6. The number of fused-ring (bicyclic) bond motifs is 1. The molecule has 1 aliphatic rings. The van der Waals surface area contributed by atoms with Crippen molar-refractivity contribution in [3.8, 4) is 0 Å². The summed E-state index contributed by atoms with van der Waals surface area (Å²) in [5.41, 5.74) is 4.01. The maximum atomic E-state index is 12.8. The Bertz CT molecular complexity index is 1160. The minimum Gasteiger partial charge on any atom is -0.451 e. The second-order valence-electron chi connectivity index (χ2n) is 8.70. The van der Waals surface area contributed by atoms with Crippen molar-refractivity contribution in [2.45, 2.75) is 39.2 Å². The molecule has 0 saturated carbocycles. The van der Waals surface area contributed by atoms with Gasteiger partial charge in [0, 0.05) is 45.2 Å². The molecule has 0 saturated heterocycles. The van der Waals surface area contributed by atoms with Crippen molar-refractivity contribution in [1.29, 1.82) is 0 Å². The summed E-state index contributed by atoms with van der Waals surface area (Å²) in [6, 6.07) is 6.01. The fourth-order valence-electron chi connectivity index (χ4n) is 4.01. The Morgan fingerprint density at radius 1 is 1.22 bits per heavy atom. The number of nitrogens with zero attached hydrogens (tertiary/aromatic N) is 5. The number of furan rings is 1. The minimum absolute atomic E-state index is 0.110. The van der Waals surface area contributed by atoms with E-state index in [1.807, 2.05) is 11.0 Å². The molecule has 3 heterocycles. The Morgan fingerprint density at radius 3 is 2.72 bits per heavy atom. The van der Waals surface area contributed by atoms with Crippen LogP contribution in [0.5, 0.6) is 0 Å². The highest BCUT2D eigenvalue weighted by Gasteiger charge is 2.22. The normalized spacial score (nSPS) is 14.2. The first-order chi connectivity index (χ1) is 15.3. The van der Waals surface area contributed by atoms with E-state index in [1.165, 1.54) is 4.90 Å². The van der Waals surface area contributed by atoms with Gasteiger partial charge in [-0.3, -0.25) is 14.3 Å². The third-order valence-electron chi connectivity index (χ3n) is 5.79. The van der Waals surface area contributed by atoms with Crippen molar-refractivity contribution in [3.63, 3.8) is 0 Å². The molecule has 2 amide bonds. The van der Waals surface area contributed by atoms with Gasteiger partial charge in [0.1, 0.15) is 5.58 Å². The smallest absolute Gasteiger partial charge is 0.289 e. The van der Waals surface area contributed by atoms with Gasteiger partial charge in [-0.05, 0) is 47.2 Å². The maximum absolute atomic E-state index is 12.8. The first kappa shape index (κ1) is 21.8. The largest absolute Gasteiger partial charge is 0.451 e. The lowest BCUT2D eigenvalue weighted by molar-refractivity contribution is -0.131. The van der Waals surface area contributed by atoms with Crippen LogP contribution in [0.15, 0.2) is 41.1 Å². The molecule has 32 heavy (non-hydrogen) atoms. The molecule has 0 radical (unpaired) electrons. The number of benzene rings is 1. The molecule has 1 aliphatic heterocycles. The molecule has 0 spiro atoms. The summed E-state index contributed by atoms with van der Waals surface area (Å²) < 4.78 is 7.64. The number of carbonyl (C=O) groups excluding carboxylic acids is 2. The van der Waals surface area contributed by atoms with Crippen LogP contribution >= 0.6 is 0 Å². The van der Waals surface area contributed by atoms with Crippen LogP contribution in [0.3, 0.4) is 0 Å². The molecule has 0 unspecified atom stereocenters. The predicted octanol–water partition coefficient (Wildman–Crippen LogP) is 3.56. The number of aryl methyl sites for hydroxylation is 1. The van der Waals surface area contributed by atoms with E-state index in [0.717, 1.165) is 34.1 Å². The summed E-state index contributed by atoms with van der Waals surface area (Å²) in [7, 11) is 3.43. The molecule has 8 heteroatoms. The van der Waals surface area contributed by atoms with E-state index >= 15 is 0 Å². The SMILES string of the molecule is CC(C)c1cc(C2=CCCN(C(=O)CCn3ccnn3)C2)cc2cc(C(=O)N(C)C)oc12. The fraction of sp³-hybridized carbons (Fsp3) is 0.417. The molecule has 0 fully saturated rings. The predicted molar refractivity (Wildman–Crippen MR) is 122 cm³/mol. The highest BCUT2D eigenvalue weighted by molar-refractivity contribution is 5.97. The van der Waals surface area contributed by atoms with E-state index in [2.05, 4.69) is 42.4 Å². The summed E-state index contributed by atoms with van der Waals surface area (Å²) in [5.74, 6) is 0.527. The van der Waals surface area contributed by atoms with Crippen molar-refractivity contribution in [3.05, 3.63) is 53.6 Å². The molecule has 1 aromatic carbocycles. The van der Waals surface area contributed by atoms with Gasteiger partial charge < -0.3 is 14.2 Å². The molecule has 3 aromatic rings. The average Bonchev–Trinajstić information content (AvgIpc) is 3.45. The lowest BCUT2D eigenvalue weighted by atomic mass is 9.93. The van der Waals surface area contributed by atoms with Gasteiger partial charge in [-0.15, -0.1) is 5.10 Å². The van der Waals surface area contributed by atoms with Crippen molar-refractivity contribution in [1.82, 2.24) is 24.8 Å². The number of rotatable bonds is 6. The van der Waals surface area contributed by atoms with Crippen LogP contribution in [-0.2, 0) is 11.3 Å². The summed E-state index contributed by atoms with van der Waals surface area (Å²) in [6.07, 6.45) is 6.79. The van der Waals surface area contributed by atoms with Crippen LogP contribution in [0, 0.1) is 0 Å². The lowest BCUT2D eigenvalue weighted by Crippen LogP contribution is -2.36. The van der Waals surface area contributed by atoms with Crippen molar-refractivity contribution < 1.29 is 14.0 Å². The third kappa shape index (κ3) is 4.44. The number of carbonyl (C=O) groups is 2. The molecular formula is C24H29N5O3. The Balaban J connectivity index is 1.58. The Morgan fingerprint density at radius 2 is 2.03 bits per heavy atom. The molecule has 8 nitrogen and oxygen atoms in total. The van der Waals surface area contributed by atoms with Crippen LogP contribution in [0.4, 0.5) is 0 Å². The van der Waals surface area contributed by atoms with E-state index in [1.54, 1.807) is 31.2 Å². The van der Waals surface area contributed by atoms with E-state index in [4.69, 9.17) is 4.42 Å². The molecule has 0 bridgehead atoms. The van der Waals surface area contributed by atoms with Gasteiger partial charge in [-0.25, -0.2) is 0 Å². The van der Waals surface area contributed by atoms with Crippen LogP contribution in [0.2, 0.25) is 0 Å². The first-order valence-corrected chi connectivity index (χ1v) is 10.9. The van der Waals surface area contributed by atoms with Gasteiger partial charge >= 0.3 is 0 Å². The fourth-order valence-corrected chi connectivity index (χ4v) is 4.01. The number of hydrogen-bond acceptors (Lipinski definition) is 5. The second kappa shape index (κ2) is 8.98. The van der Waals surface area contributed by atoms with Crippen molar-refractivity contribution in [2.75, 3.05) is 27.2 Å². The van der Waals surface area contributed by atoms with Gasteiger partial charge in [-0.1, -0.05) is 25.1 Å². The first-order valence-electron chi connectivity index (χ1n) is 10.9. The van der Waals surface area contributed by atoms with E-state index < -0.39 is 0 Å². The number of hydrogen-bond donors (Lipinski definition) is 0. The van der Waals surface area contributed by atoms with Gasteiger partial charge in [0.15, 0.2) is 5.76 Å². The topological polar surface area (TPSA) is 84.5 Å². The van der Waals surface area contributed by atoms with Gasteiger partial charge in [-0.2, -0.15) is 0 Å². The van der Waals surface area contributed by atoms with Crippen LogP contribution in [0.1, 0.15) is 54.3 Å². The summed E-state index contributed by atoms with van der Waals surface area (Å²) in [6.45, 7) is 6.04. The van der Waals surface area contributed by atoms with Crippen molar-refractivity contribution in [2.24, 2.45) is 0 Å². The zero-order valence-electron chi connectivity index (χ0n) is 19.0. The van der Waals surface area contributed by atoms with Gasteiger partial charge in [0.25, 0.3) is 5.91 Å². The summed E-state index contributed by atoms with van der Waals surface area (Å²) in [5, 5.41) is 8.62. The van der Waals surface area contributed by atoms with Crippen LogP contribution in [-0.4, -0.2) is 63.8 Å². The van der Waals surface area contributed by atoms with Crippen molar-refractivity contribution >= 4 is 28.4 Å². The monoisotopic (exact) mass is 435 g/mol. The van der Waals surface area contributed by atoms with Gasteiger partial charge in [0.05, 0.1) is 12.7 Å².